The molecule has 0 amide bonds. The highest BCUT2D eigenvalue weighted by Crippen LogP contribution is 2.19. The van der Waals surface area contributed by atoms with E-state index in [1.165, 1.54) is 103 Å². The fourth-order valence-corrected chi connectivity index (χ4v) is 4.08. The zero-order chi connectivity index (χ0) is 21.7. The van der Waals surface area contributed by atoms with Gasteiger partial charge in [-0.3, -0.25) is 9.59 Å². The van der Waals surface area contributed by atoms with Gasteiger partial charge in [0.1, 0.15) is 10.9 Å². The van der Waals surface area contributed by atoms with E-state index in [0.717, 1.165) is 12.8 Å². The van der Waals surface area contributed by atoms with Gasteiger partial charge in [0, 0.05) is 6.92 Å². The van der Waals surface area contributed by atoms with Gasteiger partial charge in [0.2, 0.25) is 0 Å². The Morgan fingerprint density at radius 3 is 1.38 bits per heavy atom. The summed E-state index contributed by atoms with van der Waals surface area (Å²) in [6.45, 7) is 3.59. The minimum Gasteiger partial charge on any atom is -0.480 e. The van der Waals surface area contributed by atoms with Crippen LogP contribution in [0.3, 0.4) is 0 Å². The molecule has 0 radical (unpaired) electrons. The largest absolute Gasteiger partial charge is 0.480 e. The Hall–Kier alpha value is -0.580. The van der Waals surface area contributed by atoms with Crippen molar-refractivity contribution in [2.75, 3.05) is 0 Å². The Labute approximate surface area is 187 Å². The monoisotopic (exact) mass is 476 g/mol. The molecular formula is C24H45BrO4. The van der Waals surface area contributed by atoms with Crippen molar-refractivity contribution in [2.24, 2.45) is 0 Å². The SMILES string of the molecule is CCCCCCCCCCCCCCCCCCCC(OC(C)=O)C(Br)C(=O)O. The van der Waals surface area contributed by atoms with Gasteiger partial charge in [0.15, 0.2) is 0 Å². The van der Waals surface area contributed by atoms with E-state index in [-0.39, 0.29) is 0 Å². The first-order chi connectivity index (χ1) is 14.0. The molecule has 0 saturated carbocycles. The summed E-state index contributed by atoms with van der Waals surface area (Å²) in [7, 11) is 0. The zero-order valence-corrected chi connectivity index (χ0v) is 20.5. The number of halogens is 1. The van der Waals surface area contributed by atoms with Crippen LogP contribution in [0.4, 0.5) is 0 Å². The summed E-state index contributed by atoms with van der Waals surface area (Å²) >= 11 is 3.11. The van der Waals surface area contributed by atoms with Crippen LogP contribution in [0.5, 0.6) is 0 Å². The average molecular weight is 478 g/mol. The van der Waals surface area contributed by atoms with Crippen LogP contribution in [-0.2, 0) is 14.3 Å². The Morgan fingerprint density at radius 2 is 1.07 bits per heavy atom. The van der Waals surface area contributed by atoms with E-state index < -0.39 is 22.9 Å². The van der Waals surface area contributed by atoms with E-state index >= 15 is 0 Å². The number of alkyl halides is 1. The highest BCUT2D eigenvalue weighted by molar-refractivity contribution is 9.10. The first-order valence-electron chi connectivity index (χ1n) is 12.0. The molecule has 172 valence electrons. The van der Waals surface area contributed by atoms with E-state index in [2.05, 4.69) is 22.9 Å². The van der Waals surface area contributed by atoms with Crippen LogP contribution >= 0.6 is 15.9 Å². The van der Waals surface area contributed by atoms with E-state index in [9.17, 15) is 9.59 Å². The van der Waals surface area contributed by atoms with Gasteiger partial charge in [-0.15, -0.1) is 0 Å². The van der Waals surface area contributed by atoms with Gasteiger partial charge in [-0.1, -0.05) is 126 Å². The second-order valence-electron chi connectivity index (χ2n) is 8.33. The lowest BCUT2D eigenvalue weighted by atomic mass is 10.0. The average Bonchev–Trinajstić information content (AvgIpc) is 2.68. The van der Waals surface area contributed by atoms with Crippen LogP contribution < -0.4 is 0 Å². The molecule has 0 spiro atoms. The lowest BCUT2D eigenvalue weighted by molar-refractivity contribution is -0.150. The third-order valence-electron chi connectivity index (χ3n) is 5.47. The molecule has 0 aliphatic carbocycles. The standard InChI is InChI=1S/C24H45BrO4/c1-3-4-5-6-7-8-9-10-11-12-13-14-15-16-17-18-19-20-22(29-21(2)26)23(25)24(27)28/h22-23H,3-20H2,1-2H3,(H,27,28). The number of ether oxygens (including phenoxy) is 1. The molecule has 0 rings (SSSR count). The number of aliphatic carboxylic acids is 1. The normalized spacial score (nSPS) is 13.2. The topological polar surface area (TPSA) is 63.6 Å². The number of hydrogen-bond donors (Lipinski definition) is 1. The molecule has 1 N–H and O–H groups in total. The van der Waals surface area contributed by atoms with Gasteiger partial charge in [-0.25, -0.2) is 0 Å². The second kappa shape index (κ2) is 20.7. The molecule has 0 aromatic heterocycles. The Balaban J connectivity index is 3.41. The zero-order valence-electron chi connectivity index (χ0n) is 18.9. The summed E-state index contributed by atoms with van der Waals surface area (Å²) < 4.78 is 5.14. The number of esters is 1. The van der Waals surface area contributed by atoms with Gasteiger partial charge in [0.05, 0.1) is 0 Å². The van der Waals surface area contributed by atoms with E-state index in [1.807, 2.05) is 0 Å². The number of carboxylic acids is 1. The van der Waals surface area contributed by atoms with Gasteiger partial charge in [0.25, 0.3) is 0 Å². The molecule has 4 nitrogen and oxygen atoms in total. The van der Waals surface area contributed by atoms with Crippen LogP contribution in [0.25, 0.3) is 0 Å². The molecule has 0 saturated heterocycles. The third-order valence-corrected chi connectivity index (χ3v) is 6.45. The number of carbonyl (C=O) groups is 2. The number of carboxylic acid groups (broad SMARTS) is 1. The molecule has 29 heavy (non-hydrogen) atoms. The highest BCUT2D eigenvalue weighted by Gasteiger charge is 2.27. The van der Waals surface area contributed by atoms with Crippen LogP contribution in [0, 0.1) is 0 Å². The molecular weight excluding hydrogens is 432 g/mol. The lowest BCUT2D eigenvalue weighted by Gasteiger charge is -2.19. The first-order valence-corrected chi connectivity index (χ1v) is 12.9. The quantitative estimate of drug-likeness (QED) is 0.104. The van der Waals surface area contributed by atoms with Gasteiger partial charge in [-0.05, 0) is 12.8 Å². The lowest BCUT2D eigenvalue weighted by Crippen LogP contribution is -2.32. The van der Waals surface area contributed by atoms with Crippen LogP contribution in [0.2, 0.25) is 0 Å². The summed E-state index contributed by atoms with van der Waals surface area (Å²) in [6, 6.07) is 0. The summed E-state index contributed by atoms with van der Waals surface area (Å²) in [4.78, 5) is 21.4. The van der Waals surface area contributed by atoms with E-state index in [4.69, 9.17) is 9.84 Å². The highest BCUT2D eigenvalue weighted by atomic mass is 79.9. The van der Waals surface area contributed by atoms with Gasteiger partial charge in [-0.2, -0.15) is 0 Å². The molecule has 0 aliphatic heterocycles. The predicted molar refractivity (Wildman–Crippen MR) is 125 cm³/mol. The molecule has 2 atom stereocenters. The maximum absolute atomic E-state index is 11.1. The Kier molecular flexibility index (Phi) is 20.3. The van der Waals surface area contributed by atoms with Crippen molar-refractivity contribution in [3.8, 4) is 0 Å². The molecule has 2 unspecified atom stereocenters. The van der Waals surface area contributed by atoms with Crippen molar-refractivity contribution in [1.82, 2.24) is 0 Å². The molecule has 0 aromatic carbocycles. The second-order valence-corrected chi connectivity index (χ2v) is 9.32. The number of hydrogen-bond acceptors (Lipinski definition) is 3. The summed E-state index contributed by atoms with van der Waals surface area (Å²) in [5, 5.41) is 9.07. The molecule has 0 fully saturated rings. The Morgan fingerprint density at radius 1 is 0.724 bits per heavy atom. The van der Waals surface area contributed by atoms with Crippen molar-refractivity contribution in [2.45, 2.75) is 140 Å². The summed E-state index contributed by atoms with van der Waals surface area (Å²) in [5.41, 5.74) is 0. The molecule has 0 heterocycles. The van der Waals surface area contributed by atoms with Gasteiger partial charge >= 0.3 is 11.9 Å². The van der Waals surface area contributed by atoms with Gasteiger partial charge < -0.3 is 9.84 Å². The molecule has 0 bridgehead atoms. The fourth-order valence-electron chi connectivity index (χ4n) is 3.71. The summed E-state index contributed by atoms with van der Waals surface area (Å²) in [6.07, 6.45) is 22.4. The minimum absolute atomic E-state index is 0.423. The van der Waals surface area contributed by atoms with E-state index in [1.54, 1.807) is 0 Å². The number of unbranched alkanes of at least 4 members (excludes halogenated alkanes) is 16. The first kappa shape index (κ1) is 28.4. The number of carbonyl (C=O) groups excluding carboxylic acids is 1. The van der Waals surface area contributed by atoms with Crippen LogP contribution in [0.1, 0.15) is 129 Å². The van der Waals surface area contributed by atoms with Crippen molar-refractivity contribution in [1.29, 1.82) is 0 Å². The predicted octanol–water partition coefficient (Wildman–Crippen LogP) is 7.81. The molecule has 0 aromatic rings. The van der Waals surface area contributed by atoms with Crippen molar-refractivity contribution in [3.05, 3.63) is 0 Å². The van der Waals surface area contributed by atoms with Crippen LogP contribution in [0.15, 0.2) is 0 Å². The van der Waals surface area contributed by atoms with E-state index in [0.29, 0.717) is 6.42 Å². The number of rotatable bonds is 21. The van der Waals surface area contributed by atoms with Crippen molar-refractivity contribution >= 4 is 27.9 Å². The minimum atomic E-state index is -0.983. The summed E-state index contributed by atoms with van der Waals surface area (Å²) in [5.74, 6) is -1.41. The van der Waals surface area contributed by atoms with Crippen LogP contribution in [-0.4, -0.2) is 28.0 Å². The molecule has 0 aliphatic rings. The Bertz CT molecular complexity index is 400. The van der Waals surface area contributed by atoms with Crippen molar-refractivity contribution < 1.29 is 19.4 Å². The maximum Gasteiger partial charge on any atom is 0.321 e. The fraction of sp³-hybridized carbons (Fsp3) is 0.917. The molecule has 5 heteroatoms. The maximum atomic E-state index is 11.1. The van der Waals surface area contributed by atoms with Crippen molar-refractivity contribution in [3.63, 3.8) is 0 Å². The smallest absolute Gasteiger partial charge is 0.321 e. The third kappa shape index (κ3) is 19.1.